The molecule has 1 aromatic heterocycles. The van der Waals surface area contributed by atoms with E-state index in [4.69, 9.17) is 4.74 Å². The zero-order valence-electron chi connectivity index (χ0n) is 18.9. The number of hydrogen-bond acceptors (Lipinski definition) is 8. The van der Waals surface area contributed by atoms with Crippen LogP contribution >= 0.6 is 11.8 Å². The molecule has 10 heteroatoms. The van der Waals surface area contributed by atoms with Crippen molar-refractivity contribution in [2.75, 3.05) is 42.7 Å². The number of anilines is 2. The van der Waals surface area contributed by atoms with Crippen LogP contribution in [0.5, 0.6) is 0 Å². The number of benzene rings is 1. The lowest BCUT2D eigenvalue weighted by Crippen LogP contribution is -2.41. The van der Waals surface area contributed by atoms with E-state index < -0.39 is 5.97 Å². The number of esters is 1. The second-order valence-corrected chi connectivity index (χ2v) is 8.65. The van der Waals surface area contributed by atoms with Gasteiger partial charge in [-0.3, -0.25) is 9.59 Å². The largest absolute Gasteiger partial charge is 0.465 e. The van der Waals surface area contributed by atoms with Crippen molar-refractivity contribution < 1.29 is 19.1 Å². The van der Waals surface area contributed by atoms with Gasteiger partial charge in [0.2, 0.25) is 11.8 Å². The van der Waals surface area contributed by atoms with Gasteiger partial charge in [0.1, 0.15) is 5.03 Å². The normalized spacial score (nSPS) is 13.9. The minimum Gasteiger partial charge on any atom is -0.465 e. The number of nitrogens with zero attached hydrogens (tertiary/aromatic N) is 3. The van der Waals surface area contributed by atoms with Crippen LogP contribution in [-0.2, 0) is 14.3 Å². The first-order valence-corrected chi connectivity index (χ1v) is 12.0. The fourth-order valence-corrected chi connectivity index (χ4v) is 4.14. The minimum atomic E-state index is -0.509. The molecule has 1 aliphatic heterocycles. The van der Waals surface area contributed by atoms with Crippen LogP contribution in [0.15, 0.2) is 41.4 Å². The van der Waals surface area contributed by atoms with E-state index in [-0.39, 0.29) is 23.5 Å². The van der Waals surface area contributed by atoms with Gasteiger partial charge >= 0.3 is 5.97 Å². The van der Waals surface area contributed by atoms with Crippen molar-refractivity contribution in [1.82, 2.24) is 15.5 Å². The van der Waals surface area contributed by atoms with E-state index in [1.807, 2.05) is 19.1 Å². The Labute approximate surface area is 197 Å². The number of rotatable bonds is 9. The molecule has 176 valence electrons. The lowest BCUT2D eigenvalue weighted by molar-refractivity contribution is -0.125. The molecule has 0 radical (unpaired) electrons. The first-order chi connectivity index (χ1) is 16.0. The van der Waals surface area contributed by atoms with E-state index in [0.717, 1.165) is 44.7 Å². The molecule has 2 amide bonds. The highest BCUT2D eigenvalue weighted by Gasteiger charge is 2.25. The van der Waals surface area contributed by atoms with Crippen LogP contribution in [0, 0.1) is 5.92 Å². The summed E-state index contributed by atoms with van der Waals surface area (Å²) in [6.45, 7) is 4.28. The summed E-state index contributed by atoms with van der Waals surface area (Å²) in [5, 5.41) is 14.9. The zero-order chi connectivity index (χ0) is 23.6. The number of para-hydroxylation sites is 1. The number of piperidine rings is 1. The van der Waals surface area contributed by atoms with Gasteiger partial charge in [-0.25, -0.2) is 4.79 Å². The van der Waals surface area contributed by atoms with Crippen molar-refractivity contribution in [3.8, 4) is 0 Å². The predicted octanol–water partition coefficient (Wildman–Crippen LogP) is 2.74. The van der Waals surface area contributed by atoms with Crippen LogP contribution in [-0.4, -0.2) is 60.5 Å². The maximum absolute atomic E-state index is 12.3. The summed E-state index contributed by atoms with van der Waals surface area (Å²) < 4.78 is 4.74. The van der Waals surface area contributed by atoms with Crippen molar-refractivity contribution in [2.24, 2.45) is 5.92 Å². The lowest BCUT2D eigenvalue weighted by Gasteiger charge is -2.31. The quantitative estimate of drug-likeness (QED) is 0.424. The van der Waals surface area contributed by atoms with E-state index in [1.54, 1.807) is 24.3 Å². The van der Waals surface area contributed by atoms with Crippen LogP contribution in [0.2, 0.25) is 0 Å². The maximum atomic E-state index is 12.3. The Morgan fingerprint density at radius 1 is 1.12 bits per heavy atom. The molecular weight excluding hydrogens is 442 g/mol. The SMILES string of the molecule is CCCNC(=O)C1CCN(c2ccc(SCC(=O)Nc3ccccc3C(=O)OC)nn2)CC1. The third-order valence-corrected chi connectivity index (χ3v) is 6.24. The zero-order valence-corrected chi connectivity index (χ0v) is 19.7. The molecule has 1 aliphatic rings. The summed E-state index contributed by atoms with van der Waals surface area (Å²) in [4.78, 5) is 38.4. The van der Waals surface area contributed by atoms with Crippen molar-refractivity contribution in [2.45, 2.75) is 31.2 Å². The van der Waals surface area contributed by atoms with Crippen molar-refractivity contribution in [3.05, 3.63) is 42.0 Å². The molecule has 9 nitrogen and oxygen atoms in total. The topological polar surface area (TPSA) is 114 Å². The molecule has 0 spiro atoms. The van der Waals surface area contributed by atoms with E-state index in [9.17, 15) is 14.4 Å². The molecule has 2 N–H and O–H groups in total. The number of amides is 2. The van der Waals surface area contributed by atoms with Crippen LogP contribution in [0.3, 0.4) is 0 Å². The van der Waals surface area contributed by atoms with Crippen LogP contribution in [0.4, 0.5) is 11.5 Å². The number of thioether (sulfide) groups is 1. The van der Waals surface area contributed by atoms with Gasteiger partial charge in [-0.2, -0.15) is 0 Å². The standard InChI is InChI=1S/C23H29N5O4S/c1-3-12-24-22(30)16-10-13-28(14-11-16)19-8-9-21(27-26-19)33-15-20(29)25-18-7-5-4-6-17(18)23(31)32-2/h4-9,16H,3,10-15H2,1-2H3,(H,24,30)(H,25,29). The Hall–Kier alpha value is -3.14. The van der Waals surface area contributed by atoms with Gasteiger partial charge in [0.15, 0.2) is 5.82 Å². The number of methoxy groups -OCH3 is 1. The maximum Gasteiger partial charge on any atom is 0.339 e. The average molecular weight is 472 g/mol. The van der Waals surface area contributed by atoms with Gasteiger partial charge in [0, 0.05) is 25.6 Å². The van der Waals surface area contributed by atoms with Crippen LogP contribution in [0.1, 0.15) is 36.5 Å². The fraction of sp³-hybridized carbons (Fsp3) is 0.435. The number of ether oxygens (including phenoxy) is 1. The number of hydrogen-bond donors (Lipinski definition) is 2. The van der Waals surface area contributed by atoms with E-state index >= 15 is 0 Å². The highest BCUT2D eigenvalue weighted by atomic mass is 32.2. The van der Waals surface area contributed by atoms with Crippen molar-refractivity contribution >= 4 is 41.1 Å². The Kier molecular flexibility index (Phi) is 9.05. The van der Waals surface area contributed by atoms with Gasteiger partial charge in [-0.05, 0) is 43.5 Å². The molecule has 33 heavy (non-hydrogen) atoms. The van der Waals surface area contributed by atoms with Crippen molar-refractivity contribution in [1.29, 1.82) is 0 Å². The summed E-state index contributed by atoms with van der Waals surface area (Å²) in [6, 6.07) is 10.4. The van der Waals surface area contributed by atoms with Crippen LogP contribution in [0.25, 0.3) is 0 Å². The van der Waals surface area contributed by atoms with E-state index in [0.29, 0.717) is 16.3 Å². The molecule has 3 rings (SSSR count). The third kappa shape index (κ3) is 6.92. The Bertz CT molecular complexity index is 962. The summed E-state index contributed by atoms with van der Waals surface area (Å²) in [5.74, 6) is 0.321. The molecule has 1 fully saturated rings. The van der Waals surface area contributed by atoms with Crippen LogP contribution < -0.4 is 15.5 Å². The summed E-state index contributed by atoms with van der Waals surface area (Å²) in [6.07, 6.45) is 2.52. The van der Waals surface area contributed by atoms with Gasteiger partial charge < -0.3 is 20.3 Å². The number of nitrogens with one attached hydrogen (secondary N) is 2. The number of aromatic nitrogens is 2. The molecular formula is C23H29N5O4S. The van der Waals surface area contributed by atoms with E-state index in [1.165, 1.54) is 18.9 Å². The second-order valence-electron chi connectivity index (χ2n) is 7.66. The molecule has 1 aromatic carbocycles. The van der Waals surface area contributed by atoms with Crippen molar-refractivity contribution in [3.63, 3.8) is 0 Å². The van der Waals surface area contributed by atoms with Gasteiger partial charge in [0.25, 0.3) is 0 Å². The lowest BCUT2D eigenvalue weighted by atomic mass is 9.96. The first-order valence-electron chi connectivity index (χ1n) is 11.0. The molecule has 0 atom stereocenters. The number of carbonyl (C=O) groups is 3. The monoisotopic (exact) mass is 471 g/mol. The Balaban J connectivity index is 1.47. The molecule has 2 heterocycles. The van der Waals surface area contributed by atoms with Gasteiger partial charge in [-0.15, -0.1) is 10.2 Å². The first kappa shape index (κ1) is 24.5. The van der Waals surface area contributed by atoms with Gasteiger partial charge in [-0.1, -0.05) is 30.8 Å². The van der Waals surface area contributed by atoms with E-state index in [2.05, 4.69) is 25.7 Å². The molecule has 1 saturated heterocycles. The van der Waals surface area contributed by atoms with Gasteiger partial charge in [0.05, 0.1) is 24.1 Å². The fourth-order valence-electron chi connectivity index (χ4n) is 3.53. The Morgan fingerprint density at radius 2 is 1.88 bits per heavy atom. The number of carbonyl (C=O) groups excluding carboxylic acids is 3. The summed E-state index contributed by atoms with van der Waals surface area (Å²) in [7, 11) is 1.30. The Morgan fingerprint density at radius 3 is 2.55 bits per heavy atom. The molecule has 0 bridgehead atoms. The summed E-state index contributed by atoms with van der Waals surface area (Å²) >= 11 is 1.26. The average Bonchev–Trinajstić information content (AvgIpc) is 2.86. The minimum absolute atomic E-state index is 0.0541. The second kappa shape index (κ2) is 12.2. The summed E-state index contributed by atoms with van der Waals surface area (Å²) in [5.41, 5.74) is 0.706. The highest BCUT2D eigenvalue weighted by Crippen LogP contribution is 2.23. The smallest absolute Gasteiger partial charge is 0.339 e. The molecule has 0 saturated carbocycles. The molecule has 0 aliphatic carbocycles. The molecule has 2 aromatic rings. The predicted molar refractivity (Wildman–Crippen MR) is 127 cm³/mol. The third-order valence-electron chi connectivity index (χ3n) is 5.32. The highest BCUT2D eigenvalue weighted by molar-refractivity contribution is 7.99. The molecule has 0 unspecified atom stereocenters.